The largest absolute Gasteiger partial charge is 0.368 e. The van der Waals surface area contributed by atoms with Crippen molar-refractivity contribution in [2.75, 3.05) is 11.9 Å². The summed E-state index contributed by atoms with van der Waals surface area (Å²) in [4.78, 5) is 8.37. The van der Waals surface area contributed by atoms with Crippen molar-refractivity contribution in [2.45, 2.75) is 20.3 Å². The zero-order valence-corrected chi connectivity index (χ0v) is 10.6. The minimum Gasteiger partial charge on any atom is -0.368 e. The van der Waals surface area contributed by atoms with E-state index in [1.165, 1.54) is 6.07 Å². The topological polar surface area (TPSA) is 37.8 Å². The molecule has 2 aromatic rings. The Morgan fingerprint density at radius 2 is 1.94 bits per heavy atom. The van der Waals surface area contributed by atoms with Crippen molar-refractivity contribution < 1.29 is 4.39 Å². The Balaban J connectivity index is 1.95. The lowest BCUT2D eigenvalue weighted by atomic mass is 10.1. The fraction of sp³-hybridized carbons (Fsp3) is 0.286. The molecule has 0 aliphatic rings. The van der Waals surface area contributed by atoms with E-state index in [0.717, 1.165) is 35.6 Å². The molecule has 1 aromatic carbocycles. The number of nitrogens with one attached hydrogen (secondary N) is 1. The number of nitrogens with zero attached hydrogens (tertiary/aromatic N) is 2. The second-order valence-corrected chi connectivity index (χ2v) is 4.24. The summed E-state index contributed by atoms with van der Waals surface area (Å²) in [5.41, 5.74) is 3.01. The summed E-state index contributed by atoms with van der Waals surface area (Å²) in [6, 6.07) is 4.88. The van der Waals surface area contributed by atoms with Crippen molar-refractivity contribution in [3.63, 3.8) is 0 Å². The molecule has 0 radical (unpaired) electrons. The van der Waals surface area contributed by atoms with E-state index >= 15 is 0 Å². The van der Waals surface area contributed by atoms with E-state index in [0.29, 0.717) is 0 Å². The van der Waals surface area contributed by atoms with Crippen LogP contribution in [0.15, 0.2) is 30.6 Å². The molecule has 0 bridgehead atoms. The lowest BCUT2D eigenvalue weighted by Crippen LogP contribution is -2.09. The van der Waals surface area contributed by atoms with Gasteiger partial charge in [-0.05, 0) is 43.5 Å². The molecule has 0 aliphatic heterocycles. The van der Waals surface area contributed by atoms with Gasteiger partial charge < -0.3 is 5.32 Å². The summed E-state index contributed by atoms with van der Waals surface area (Å²) >= 11 is 0. The first-order chi connectivity index (χ1) is 8.66. The van der Waals surface area contributed by atoms with Crippen molar-refractivity contribution in [1.29, 1.82) is 0 Å². The molecule has 0 atom stereocenters. The maximum Gasteiger partial charge on any atom is 0.147 e. The summed E-state index contributed by atoms with van der Waals surface area (Å²) in [6.45, 7) is 4.59. The van der Waals surface area contributed by atoms with Crippen LogP contribution in [0.5, 0.6) is 0 Å². The maximum atomic E-state index is 13.0. The van der Waals surface area contributed by atoms with Crippen LogP contribution in [0.4, 0.5) is 10.2 Å². The molecule has 0 fully saturated rings. The molecule has 4 heteroatoms. The first kappa shape index (κ1) is 12.5. The van der Waals surface area contributed by atoms with Crippen LogP contribution in [0.1, 0.15) is 16.8 Å². The number of hydrogen-bond donors (Lipinski definition) is 1. The average molecular weight is 245 g/mol. The van der Waals surface area contributed by atoms with E-state index in [1.807, 2.05) is 19.9 Å². The highest BCUT2D eigenvalue weighted by Crippen LogP contribution is 2.12. The normalized spacial score (nSPS) is 10.4. The summed E-state index contributed by atoms with van der Waals surface area (Å²) in [5, 5.41) is 3.24. The molecule has 1 aromatic heterocycles. The van der Waals surface area contributed by atoms with E-state index in [4.69, 9.17) is 0 Å². The molecule has 0 unspecified atom stereocenters. The standard InChI is InChI=1S/C14H16FN3/c1-10-9-13(15)4-3-12(10)5-6-17-14-11(2)16-7-8-18-14/h3-4,7-9H,5-6H2,1-2H3,(H,17,18). The van der Waals surface area contributed by atoms with E-state index in [9.17, 15) is 4.39 Å². The molecule has 0 amide bonds. The van der Waals surface area contributed by atoms with E-state index < -0.39 is 0 Å². The van der Waals surface area contributed by atoms with Gasteiger partial charge in [-0.15, -0.1) is 0 Å². The molecule has 3 nitrogen and oxygen atoms in total. The number of aryl methyl sites for hydroxylation is 2. The van der Waals surface area contributed by atoms with Gasteiger partial charge in [0.05, 0.1) is 5.69 Å². The highest BCUT2D eigenvalue weighted by atomic mass is 19.1. The predicted molar refractivity (Wildman–Crippen MR) is 70.1 cm³/mol. The van der Waals surface area contributed by atoms with Gasteiger partial charge in [0, 0.05) is 18.9 Å². The molecule has 18 heavy (non-hydrogen) atoms. The smallest absolute Gasteiger partial charge is 0.147 e. The monoisotopic (exact) mass is 245 g/mol. The lowest BCUT2D eigenvalue weighted by molar-refractivity contribution is 0.625. The van der Waals surface area contributed by atoms with E-state index in [-0.39, 0.29) is 5.82 Å². The Morgan fingerprint density at radius 3 is 2.67 bits per heavy atom. The molecule has 0 spiro atoms. The third-order valence-corrected chi connectivity index (χ3v) is 2.87. The Labute approximate surface area is 106 Å². The van der Waals surface area contributed by atoms with E-state index in [2.05, 4.69) is 15.3 Å². The Hall–Kier alpha value is -1.97. The average Bonchev–Trinajstić information content (AvgIpc) is 2.34. The molecule has 2 rings (SSSR count). The van der Waals surface area contributed by atoms with Gasteiger partial charge in [-0.1, -0.05) is 6.07 Å². The van der Waals surface area contributed by atoms with Crippen molar-refractivity contribution >= 4 is 5.82 Å². The third-order valence-electron chi connectivity index (χ3n) is 2.87. The quantitative estimate of drug-likeness (QED) is 0.900. The van der Waals surface area contributed by atoms with Crippen molar-refractivity contribution in [1.82, 2.24) is 9.97 Å². The fourth-order valence-electron chi connectivity index (χ4n) is 1.84. The third kappa shape index (κ3) is 3.03. The van der Waals surface area contributed by atoms with Crippen LogP contribution in [0.3, 0.4) is 0 Å². The van der Waals surface area contributed by atoms with Gasteiger partial charge in [0.2, 0.25) is 0 Å². The zero-order chi connectivity index (χ0) is 13.0. The van der Waals surface area contributed by atoms with Crippen LogP contribution in [-0.2, 0) is 6.42 Å². The molecule has 94 valence electrons. The molecule has 1 heterocycles. The van der Waals surface area contributed by atoms with Gasteiger partial charge in [0.25, 0.3) is 0 Å². The zero-order valence-electron chi connectivity index (χ0n) is 10.6. The molecular weight excluding hydrogens is 229 g/mol. The van der Waals surface area contributed by atoms with Gasteiger partial charge in [0.15, 0.2) is 0 Å². The maximum absolute atomic E-state index is 13.0. The Morgan fingerprint density at radius 1 is 1.17 bits per heavy atom. The summed E-state index contributed by atoms with van der Waals surface area (Å²) < 4.78 is 13.0. The van der Waals surface area contributed by atoms with Gasteiger partial charge in [0.1, 0.15) is 11.6 Å². The molecule has 1 N–H and O–H groups in total. The molecule has 0 saturated carbocycles. The number of halogens is 1. The summed E-state index contributed by atoms with van der Waals surface area (Å²) in [6.07, 6.45) is 4.17. The number of rotatable bonds is 4. The van der Waals surface area contributed by atoms with Gasteiger partial charge in [-0.25, -0.2) is 9.37 Å². The Bertz CT molecular complexity index is 540. The lowest BCUT2D eigenvalue weighted by Gasteiger charge is -2.09. The predicted octanol–water partition coefficient (Wildman–Crippen LogP) is 2.89. The van der Waals surface area contributed by atoms with Crippen LogP contribution in [0.25, 0.3) is 0 Å². The minimum atomic E-state index is -0.186. The summed E-state index contributed by atoms with van der Waals surface area (Å²) in [5.74, 6) is 0.617. The highest BCUT2D eigenvalue weighted by Gasteiger charge is 2.02. The number of aromatic nitrogens is 2. The minimum absolute atomic E-state index is 0.186. The first-order valence-corrected chi connectivity index (χ1v) is 5.93. The van der Waals surface area contributed by atoms with Crippen molar-refractivity contribution in [2.24, 2.45) is 0 Å². The van der Waals surface area contributed by atoms with E-state index in [1.54, 1.807) is 18.5 Å². The Kier molecular flexibility index (Phi) is 3.87. The second kappa shape index (κ2) is 5.58. The van der Waals surface area contributed by atoms with Gasteiger partial charge in [-0.3, -0.25) is 4.98 Å². The highest BCUT2D eigenvalue weighted by molar-refractivity contribution is 5.38. The van der Waals surface area contributed by atoms with Gasteiger partial charge >= 0.3 is 0 Å². The number of hydrogen-bond acceptors (Lipinski definition) is 3. The molecule has 0 aliphatic carbocycles. The van der Waals surface area contributed by atoms with Gasteiger partial charge in [-0.2, -0.15) is 0 Å². The van der Waals surface area contributed by atoms with Crippen LogP contribution >= 0.6 is 0 Å². The van der Waals surface area contributed by atoms with Crippen LogP contribution in [0, 0.1) is 19.7 Å². The fourth-order valence-corrected chi connectivity index (χ4v) is 1.84. The second-order valence-electron chi connectivity index (χ2n) is 4.24. The van der Waals surface area contributed by atoms with Crippen LogP contribution < -0.4 is 5.32 Å². The summed E-state index contributed by atoms with van der Waals surface area (Å²) in [7, 11) is 0. The molecule has 0 saturated heterocycles. The first-order valence-electron chi connectivity index (χ1n) is 5.93. The van der Waals surface area contributed by atoms with Crippen molar-refractivity contribution in [3.05, 3.63) is 53.2 Å². The number of benzene rings is 1. The SMILES string of the molecule is Cc1cc(F)ccc1CCNc1nccnc1C. The molecular formula is C14H16FN3. The van der Waals surface area contributed by atoms with Crippen molar-refractivity contribution in [3.8, 4) is 0 Å². The number of anilines is 1. The van der Waals surface area contributed by atoms with Crippen LogP contribution in [-0.4, -0.2) is 16.5 Å². The van der Waals surface area contributed by atoms with Crippen LogP contribution in [0.2, 0.25) is 0 Å².